The lowest BCUT2D eigenvalue weighted by Gasteiger charge is -2.07. The molecule has 0 aliphatic rings. The lowest BCUT2D eigenvalue weighted by Crippen LogP contribution is -1.84. The normalized spacial score (nSPS) is 11.0. The second kappa shape index (κ2) is 5.15. The topological polar surface area (TPSA) is 22.1 Å². The van der Waals surface area contributed by atoms with E-state index in [4.69, 9.17) is 4.74 Å². The van der Waals surface area contributed by atoms with Crippen LogP contribution >= 0.6 is 0 Å². The zero-order valence-electron chi connectivity index (χ0n) is 12.3. The number of rotatable bonds is 2. The third-order valence-corrected chi connectivity index (χ3v) is 3.96. The molecule has 0 bridgehead atoms. The van der Waals surface area contributed by atoms with Gasteiger partial charge in [0.1, 0.15) is 5.75 Å². The van der Waals surface area contributed by atoms with Gasteiger partial charge in [-0.25, -0.2) is 0 Å². The van der Waals surface area contributed by atoms with Crippen molar-refractivity contribution in [1.29, 1.82) is 0 Å². The maximum absolute atomic E-state index is 5.30. The third kappa shape index (κ3) is 2.19. The van der Waals surface area contributed by atoms with Crippen molar-refractivity contribution in [2.75, 3.05) is 7.11 Å². The van der Waals surface area contributed by atoms with E-state index in [1.165, 1.54) is 21.5 Å². The Hall–Kier alpha value is -2.87. The van der Waals surface area contributed by atoms with E-state index in [0.29, 0.717) is 0 Å². The Morgan fingerprint density at radius 1 is 0.727 bits per heavy atom. The summed E-state index contributed by atoms with van der Waals surface area (Å²) < 4.78 is 5.30. The Balaban J connectivity index is 1.91. The summed E-state index contributed by atoms with van der Waals surface area (Å²) in [5.41, 5.74) is 2.14. The minimum atomic E-state index is 0.886. The van der Waals surface area contributed by atoms with E-state index in [2.05, 4.69) is 47.4 Å². The first-order valence-electron chi connectivity index (χ1n) is 7.26. The predicted octanol–water partition coefficient (Wildman–Crippen LogP) is 5.06. The molecule has 4 aromatic rings. The van der Waals surface area contributed by atoms with Crippen LogP contribution in [0.1, 0.15) is 0 Å². The zero-order chi connectivity index (χ0) is 14.9. The Morgan fingerprint density at radius 3 is 2.23 bits per heavy atom. The van der Waals surface area contributed by atoms with Gasteiger partial charge in [0.05, 0.1) is 12.8 Å². The SMILES string of the molecule is COc1ccc2cc3cc(-c4ccccn4)ccc3cc2c1. The van der Waals surface area contributed by atoms with Crippen molar-refractivity contribution in [3.8, 4) is 17.0 Å². The van der Waals surface area contributed by atoms with E-state index >= 15 is 0 Å². The van der Waals surface area contributed by atoms with Crippen molar-refractivity contribution in [3.05, 3.63) is 72.9 Å². The maximum atomic E-state index is 5.30. The first-order chi connectivity index (χ1) is 10.8. The Bertz CT molecular complexity index is 961. The summed E-state index contributed by atoms with van der Waals surface area (Å²) in [5, 5.41) is 4.85. The number of hydrogen-bond donors (Lipinski definition) is 0. The third-order valence-electron chi connectivity index (χ3n) is 3.96. The van der Waals surface area contributed by atoms with E-state index in [1.54, 1.807) is 7.11 Å². The van der Waals surface area contributed by atoms with Gasteiger partial charge < -0.3 is 4.74 Å². The molecule has 2 heteroatoms. The molecule has 0 fully saturated rings. The fourth-order valence-corrected chi connectivity index (χ4v) is 2.80. The zero-order valence-corrected chi connectivity index (χ0v) is 12.3. The van der Waals surface area contributed by atoms with Crippen molar-refractivity contribution >= 4 is 21.5 Å². The molecular weight excluding hydrogens is 270 g/mol. The molecule has 1 aromatic heterocycles. The molecular formula is C20H15NO. The summed E-state index contributed by atoms with van der Waals surface area (Å²) >= 11 is 0. The van der Waals surface area contributed by atoms with Crippen LogP contribution in [0, 0.1) is 0 Å². The second-order valence-corrected chi connectivity index (χ2v) is 5.34. The van der Waals surface area contributed by atoms with Crippen LogP contribution in [-0.2, 0) is 0 Å². The Morgan fingerprint density at radius 2 is 1.50 bits per heavy atom. The van der Waals surface area contributed by atoms with Crippen molar-refractivity contribution in [1.82, 2.24) is 4.98 Å². The number of methoxy groups -OCH3 is 1. The van der Waals surface area contributed by atoms with E-state index in [1.807, 2.05) is 30.5 Å². The summed E-state index contributed by atoms with van der Waals surface area (Å²) in [6.07, 6.45) is 1.83. The fourth-order valence-electron chi connectivity index (χ4n) is 2.80. The predicted molar refractivity (Wildman–Crippen MR) is 91.2 cm³/mol. The molecule has 0 radical (unpaired) electrons. The molecule has 0 atom stereocenters. The maximum Gasteiger partial charge on any atom is 0.119 e. The molecule has 0 N–H and O–H groups in total. The number of hydrogen-bond acceptors (Lipinski definition) is 2. The van der Waals surface area contributed by atoms with Gasteiger partial charge in [-0.3, -0.25) is 4.98 Å². The molecule has 2 nitrogen and oxygen atoms in total. The van der Waals surface area contributed by atoms with Gasteiger partial charge in [-0.05, 0) is 64.0 Å². The molecule has 0 spiro atoms. The number of nitrogens with zero attached hydrogens (tertiary/aromatic N) is 1. The number of pyridine rings is 1. The summed E-state index contributed by atoms with van der Waals surface area (Å²) in [5.74, 6) is 0.886. The Kier molecular flexibility index (Phi) is 3.01. The van der Waals surface area contributed by atoms with E-state index in [-0.39, 0.29) is 0 Å². The van der Waals surface area contributed by atoms with Crippen LogP contribution in [-0.4, -0.2) is 12.1 Å². The molecule has 4 rings (SSSR count). The molecule has 3 aromatic carbocycles. The fraction of sp³-hybridized carbons (Fsp3) is 0.0500. The summed E-state index contributed by atoms with van der Waals surface area (Å²) in [6, 6.07) is 23.0. The molecule has 0 saturated heterocycles. The molecule has 0 unspecified atom stereocenters. The van der Waals surface area contributed by atoms with Gasteiger partial charge in [-0.15, -0.1) is 0 Å². The van der Waals surface area contributed by atoms with Crippen molar-refractivity contribution in [2.45, 2.75) is 0 Å². The number of fused-ring (bicyclic) bond motifs is 2. The lowest BCUT2D eigenvalue weighted by atomic mass is 10.0. The highest BCUT2D eigenvalue weighted by Gasteiger charge is 2.03. The quantitative estimate of drug-likeness (QED) is 0.480. The van der Waals surface area contributed by atoms with Crippen molar-refractivity contribution < 1.29 is 4.74 Å². The van der Waals surface area contributed by atoms with Gasteiger partial charge in [-0.1, -0.05) is 24.3 Å². The molecule has 0 aliphatic heterocycles. The van der Waals surface area contributed by atoms with Crippen LogP contribution in [0.4, 0.5) is 0 Å². The largest absolute Gasteiger partial charge is 0.497 e. The van der Waals surface area contributed by atoms with Gasteiger partial charge in [-0.2, -0.15) is 0 Å². The molecule has 106 valence electrons. The van der Waals surface area contributed by atoms with Gasteiger partial charge in [0.2, 0.25) is 0 Å². The Labute approximate surface area is 129 Å². The van der Waals surface area contributed by atoms with E-state index < -0.39 is 0 Å². The smallest absolute Gasteiger partial charge is 0.119 e. The van der Waals surface area contributed by atoms with Crippen molar-refractivity contribution in [3.63, 3.8) is 0 Å². The molecule has 0 aliphatic carbocycles. The summed E-state index contributed by atoms with van der Waals surface area (Å²) in [6.45, 7) is 0. The van der Waals surface area contributed by atoms with Gasteiger partial charge in [0, 0.05) is 11.8 Å². The minimum Gasteiger partial charge on any atom is -0.497 e. The van der Waals surface area contributed by atoms with Crippen LogP contribution in [0.2, 0.25) is 0 Å². The minimum absolute atomic E-state index is 0.886. The highest BCUT2D eigenvalue weighted by atomic mass is 16.5. The van der Waals surface area contributed by atoms with Crippen LogP contribution < -0.4 is 4.74 Å². The van der Waals surface area contributed by atoms with Gasteiger partial charge in [0.15, 0.2) is 0 Å². The lowest BCUT2D eigenvalue weighted by molar-refractivity contribution is 0.415. The standard InChI is InChI=1S/C20H15NO/c1-22-19-8-7-15-10-17-12-16(20-4-2-3-9-21-20)6-5-14(17)11-18(15)13-19/h2-13H,1H3. The van der Waals surface area contributed by atoms with Crippen LogP contribution in [0.3, 0.4) is 0 Å². The number of ether oxygens (including phenoxy) is 1. The van der Waals surface area contributed by atoms with Crippen molar-refractivity contribution in [2.24, 2.45) is 0 Å². The molecule has 22 heavy (non-hydrogen) atoms. The molecule has 0 saturated carbocycles. The van der Waals surface area contributed by atoms with Gasteiger partial charge in [0.25, 0.3) is 0 Å². The molecule has 1 heterocycles. The monoisotopic (exact) mass is 285 g/mol. The second-order valence-electron chi connectivity index (χ2n) is 5.34. The highest BCUT2D eigenvalue weighted by molar-refractivity contribution is 6.00. The molecule has 0 amide bonds. The first kappa shape index (κ1) is 12.8. The average molecular weight is 285 g/mol. The summed E-state index contributed by atoms with van der Waals surface area (Å²) in [7, 11) is 1.70. The first-order valence-corrected chi connectivity index (χ1v) is 7.26. The average Bonchev–Trinajstić information content (AvgIpc) is 2.59. The van der Waals surface area contributed by atoms with Gasteiger partial charge >= 0.3 is 0 Å². The number of benzene rings is 3. The van der Waals surface area contributed by atoms with Crippen LogP contribution in [0.25, 0.3) is 32.8 Å². The number of aromatic nitrogens is 1. The summed E-state index contributed by atoms with van der Waals surface area (Å²) in [4.78, 5) is 4.42. The highest BCUT2D eigenvalue weighted by Crippen LogP contribution is 2.29. The van der Waals surface area contributed by atoms with Crippen LogP contribution in [0.5, 0.6) is 5.75 Å². The van der Waals surface area contributed by atoms with E-state index in [0.717, 1.165) is 17.0 Å². The van der Waals surface area contributed by atoms with E-state index in [9.17, 15) is 0 Å². The van der Waals surface area contributed by atoms with Crippen LogP contribution in [0.15, 0.2) is 72.9 Å².